The molecule has 19 heavy (non-hydrogen) atoms. The molecule has 0 saturated carbocycles. The zero-order chi connectivity index (χ0) is 13.9. The third-order valence-corrected chi connectivity index (χ3v) is 4.28. The first-order chi connectivity index (χ1) is 9.09. The van der Waals surface area contributed by atoms with Crippen molar-refractivity contribution in [2.75, 3.05) is 6.54 Å². The van der Waals surface area contributed by atoms with E-state index in [4.69, 9.17) is 0 Å². The summed E-state index contributed by atoms with van der Waals surface area (Å²) in [7, 11) is 0. The van der Waals surface area contributed by atoms with E-state index in [0.717, 1.165) is 25.8 Å². The molecule has 1 aliphatic heterocycles. The highest BCUT2D eigenvalue weighted by Crippen LogP contribution is 2.25. The third-order valence-electron chi connectivity index (χ3n) is 4.28. The van der Waals surface area contributed by atoms with Gasteiger partial charge in [-0.3, -0.25) is 4.79 Å². The third kappa shape index (κ3) is 2.81. The fourth-order valence-electron chi connectivity index (χ4n) is 2.95. The number of carbonyl (C=O) groups is 1. The molecule has 1 aliphatic rings. The molecule has 1 aromatic rings. The number of carbonyl (C=O) groups excluding carboxylic acids is 1. The second-order valence-corrected chi connectivity index (χ2v) is 5.52. The molecule has 1 saturated heterocycles. The second kappa shape index (κ2) is 5.74. The number of benzene rings is 1. The van der Waals surface area contributed by atoms with E-state index in [1.54, 1.807) is 0 Å². The molecule has 2 atom stereocenters. The minimum absolute atomic E-state index is 0.0551. The van der Waals surface area contributed by atoms with E-state index in [1.165, 1.54) is 11.1 Å². The molecule has 1 unspecified atom stereocenters. The predicted octanol–water partition coefficient (Wildman–Crippen LogP) is 2.70. The first kappa shape index (κ1) is 14.1. The normalized spacial score (nSPS) is 24.2. The number of amides is 1. The lowest BCUT2D eigenvalue weighted by atomic mass is 9.92. The van der Waals surface area contributed by atoms with Gasteiger partial charge in [0.25, 0.3) is 0 Å². The van der Waals surface area contributed by atoms with Crippen molar-refractivity contribution < 1.29 is 4.79 Å². The quantitative estimate of drug-likeness (QED) is 0.874. The average Bonchev–Trinajstić information content (AvgIpc) is 2.89. The minimum Gasteiger partial charge on any atom is -0.348 e. The Morgan fingerprint density at radius 1 is 1.47 bits per heavy atom. The van der Waals surface area contributed by atoms with Gasteiger partial charge < -0.3 is 10.6 Å². The van der Waals surface area contributed by atoms with Gasteiger partial charge in [0.15, 0.2) is 0 Å². The Bertz CT molecular complexity index is 450. The summed E-state index contributed by atoms with van der Waals surface area (Å²) in [6.07, 6.45) is 2.87. The van der Waals surface area contributed by atoms with Crippen LogP contribution in [0.2, 0.25) is 0 Å². The lowest BCUT2D eigenvalue weighted by Crippen LogP contribution is -2.53. The molecule has 1 amide bonds. The SMILES string of the molecule is CCC1(C(=O)N[C@H](C)c2ccccc2C)CCCN1. The van der Waals surface area contributed by atoms with Crippen LogP contribution in [0, 0.1) is 6.92 Å². The number of rotatable bonds is 4. The molecule has 3 nitrogen and oxygen atoms in total. The van der Waals surface area contributed by atoms with Gasteiger partial charge in [0.05, 0.1) is 11.6 Å². The number of nitrogens with one attached hydrogen (secondary N) is 2. The Labute approximate surface area is 115 Å². The van der Waals surface area contributed by atoms with Crippen LogP contribution in [0.3, 0.4) is 0 Å². The zero-order valence-corrected chi connectivity index (χ0v) is 12.1. The summed E-state index contributed by atoms with van der Waals surface area (Å²) in [5.74, 6) is 0.142. The van der Waals surface area contributed by atoms with Crippen molar-refractivity contribution in [2.45, 2.75) is 51.6 Å². The van der Waals surface area contributed by atoms with Crippen LogP contribution in [0.15, 0.2) is 24.3 Å². The van der Waals surface area contributed by atoms with Gasteiger partial charge in [-0.15, -0.1) is 0 Å². The van der Waals surface area contributed by atoms with E-state index in [1.807, 2.05) is 12.1 Å². The highest BCUT2D eigenvalue weighted by Gasteiger charge is 2.39. The Kier molecular flexibility index (Phi) is 4.25. The largest absolute Gasteiger partial charge is 0.348 e. The number of hydrogen-bond donors (Lipinski definition) is 2. The molecular formula is C16H24N2O. The smallest absolute Gasteiger partial charge is 0.240 e. The van der Waals surface area contributed by atoms with Crippen LogP contribution >= 0.6 is 0 Å². The molecule has 1 heterocycles. The first-order valence-electron chi connectivity index (χ1n) is 7.20. The summed E-state index contributed by atoms with van der Waals surface area (Å²) >= 11 is 0. The molecule has 3 heteroatoms. The van der Waals surface area contributed by atoms with Crippen LogP contribution in [-0.4, -0.2) is 18.0 Å². The maximum atomic E-state index is 12.5. The molecule has 2 rings (SSSR count). The monoisotopic (exact) mass is 260 g/mol. The number of hydrogen-bond acceptors (Lipinski definition) is 2. The molecule has 0 aromatic heterocycles. The Balaban J connectivity index is 2.08. The van der Waals surface area contributed by atoms with Crippen molar-refractivity contribution in [2.24, 2.45) is 0 Å². The Morgan fingerprint density at radius 2 is 2.21 bits per heavy atom. The lowest BCUT2D eigenvalue weighted by Gasteiger charge is -2.29. The Morgan fingerprint density at radius 3 is 2.79 bits per heavy atom. The van der Waals surface area contributed by atoms with Gasteiger partial charge in [0, 0.05) is 0 Å². The number of aryl methyl sites for hydroxylation is 1. The van der Waals surface area contributed by atoms with Crippen LogP contribution in [-0.2, 0) is 4.79 Å². The molecule has 1 fully saturated rings. The van der Waals surface area contributed by atoms with Gasteiger partial charge in [-0.2, -0.15) is 0 Å². The van der Waals surface area contributed by atoms with E-state index in [0.29, 0.717) is 0 Å². The molecule has 104 valence electrons. The van der Waals surface area contributed by atoms with E-state index < -0.39 is 0 Å². The molecule has 1 aromatic carbocycles. The molecule has 2 N–H and O–H groups in total. The van der Waals surface area contributed by atoms with E-state index in [9.17, 15) is 4.79 Å². The van der Waals surface area contributed by atoms with Crippen LogP contribution in [0.25, 0.3) is 0 Å². The van der Waals surface area contributed by atoms with Crippen molar-refractivity contribution in [3.8, 4) is 0 Å². The summed E-state index contributed by atoms with van der Waals surface area (Å²) in [6, 6.07) is 8.27. The van der Waals surface area contributed by atoms with E-state index >= 15 is 0 Å². The van der Waals surface area contributed by atoms with Crippen molar-refractivity contribution >= 4 is 5.91 Å². The van der Waals surface area contributed by atoms with Crippen LogP contribution in [0.4, 0.5) is 0 Å². The maximum Gasteiger partial charge on any atom is 0.240 e. The van der Waals surface area contributed by atoms with Gasteiger partial charge in [0.2, 0.25) is 5.91 Å². The van der Waals surface area contributed by atoms with Gasteiger partial charge in [-0.05, 0) is 50.8 Å². The molecule has 0 radical (unpaired) electrons. The maximum absolute atomic E-state index is 12.5. The summed E-state index contributed by atoms with van der Waals surface area (Å²) in [5, 5.41) is 6.55. The highest BCUT2D eigenvalue weighted by atomic mass is 16.2. The van der Waals surface area contributed by atoms with Crippen molar-refractivity contribution in [3.63, 3.8) is 0 Å². The van der Waals surface area contributed by atoms with Crippen LogP contribution in [0.1, 0.15) is 50.3 Å². The molecular weight excluding hydrogens is 236 g/mol. The highest BCUT2D eigenvalue weighted by molar-refractivity contribution is 5.87. The summed E-state index contributed by atoms with van der Waals surface area (Å²) in [6.45, 7) is 7.16. The lowest BCUT2D eigenvalue weighted by molar-refractivity contribution is -0.128. The zero-order valence-electron chi connectivity index (χ0n) is 12.1. The molecule has 0 aliphatic carbocycles. The second-order valence-electron chi connectivity index (χ2n) is 5.52. The molecule has 0 spiro atoms. The average molecular weight is 260 g/mol. The van der Waals surface area contributed by atoms with E-state index in [2.05, 4.69) is 43.5 Å². The van der Waals surface area contributed by atoms with Crippen molar-refractivity contribution in [1.82, 2.24) is 10.6 Å². The fraction of sp³-hybridized carbons (Fsp3) is 0.562. The van der Waals surface area contributed by atoms with Crippen molar-refractivity contribution in [3.05, 3.63) is 35.4 Å². The molecule has 0 bridgehead atoms. The minimum atomic E-state index is -0.350. The van der Waals surface area contributed by atoms with Crippen molar-refractivity contribution in [1.29, 1.82) is 0 Å². The van der Waals surface area contributed by atoms with Crippen LogP contribution < -0.4 is 10.6 Å². The van der Waals surface area contributed by atoms with Gasteiger partial charge in [0.1, 0.15) is 0 Å². The van der Waals surface area contributed by atoms with Gasteiger partial charge in [-0.25, -0.2) is 0 Å². The standard InChI is InChI=1S/C16H24N2O/c1-4-16(10-7-11-17-16)15(19)18-13(3)14-9-6-5-8-12(14)2/h5-6,8-9,13,17H,4,7,10-11H2,1-3H3,(H,18,19)/t13-,16?/m1/s1. The summed E-state index contributed by atoms with van der Waals surface area (Å²) < 4.78 is 0. The van der Waals surface area contributed by atoms with E-state index in [-0.39, 0.29) is 17.5 Å². The Hall–Kier alpha value is -1.35. The topological polar surface area (TPSA) is 41.1 Å². The summed E-state index contributed by atoms with van der Waals surface area (Å²) in [5.41, 5.74) is 2.07. The van der Waals surface area contributed by atoms with Gasteiger partial charge in [-0.1, -0.05) is 31.2 Å². The first-order valence-corrected chi connectivity index (χ1v) is 7.20. The fourth-order valence-corrected chi connectivity index (χ4v) is 2.95. The van der Waals surface area contributed by atoms with Gasteiger partial charge >= 0.3 is 0 Å². The predicted molar refractivity (Wildman–Crippen MR) is 78.0 cm³/mol. The van der Waals surface area contributed by atoms with Crippen LogP contribution in [0.5, 0.6) is 0 Å². The summed E-state index contributed by atoms with van der Waals surface area (Å²) in [4.78, 5) is 12.5.